The predicted octanol–water partition coefficient (Wildman–Crippen LogP) is 0.292. The number of amides is 2. The molecule has 0 radical (unpaired) electrons. The predicted molar refractivity (Wildman–Crippen MR) is 66.5 cm³/mol. The first-order valence-electron chi connectivity index (χ1n) is 5.35. The van der Waals surface area contributed by atoms with E-state index in [0.717, 1.165) is 0 Å². The van der Waals surface area contributed by atoms with Gasteiger partial charge >= 0.3 is 0 Å². The summed E-state index contributed by atoms with van der Waals surface area (Å²) in [5.41, 5.74) is 0. The quantitative estimate of drug-likeness (QED) is 0.652. The van der Waals surface area contributed by atoms with E-state index in [1.807, 2.05) is 0 Å². The molecule has 1 rings (SSSR count). The molecule has 17 heavy (non-hydrogen) atoms. The van der Waals surface area contributed by atoms with Crippen molar-refractivity contribution in [3.8, 4) is 0 Å². The summed E-state index contributed by atoms with van der Waals surface area (Å²) < 4.78 is 5.07. The lowest BCUT2D eigenvalue weighted by Crippen LogP contribution is -2.39. The molecular weight excluding hydrogens is 220 g/mol. The van der Waals surface area contributed by atoms with Gasteiger partial charge in [0, 0.05) is 27.2 Å². The Morgan fingerprint density at radius 1 is 1.18 bits per heavy atom. The molecule has 1 saturated heterocycles. The minimum atomic E-state index is -0.0556. The van der Waals surface area contributed by atoms with E-state index in [4.69, 9.17) is 4.74 Å². The minimum Gasteiger partial charge on any atom is -0.378 e. The highest BCUT2D eigenvalue weighted by molar-refractivity contribution is 5.87. The number of nitrogens with zero attached hydrogens (tertiary/aromatic N) is 2. The lowest BCUT2D eigenvalue weighted by atomic mass is 10.4. The Bertz CT molecular complexity index is 281. The molecular formula is C12H20N2O3. The number of carbonyl (C=O) groups excluding carboxylic acids is 2. The first-order valence-corrected chi connectivity index (χ1v) is 5.35. The van der Waals surface area contributed by atoms with Crippen LogP contribution in [0.4, 0.5) is 0 Å². The summed E-state index contributed by atoms with van der Waals surface area (Å²) in [6.07, 6.45) is 2.62. The van der Waals surface area contributed by atoms with Crippen molar-refractivity contribution in [2.24, 2.45) is 0 Å². The molecule has 0 N–H and O–H groups in total. The standard InChI is InChI=1S/C7H11NO2.C5H9NO/c1-2-7(9)8-3-5-10-6-4-8;1-4-5(7)6(2)3/h2H,1,3-6H2;4H,1H2,2-3H3. The van der Waals surface area contributed by atoms with E-state index in [2.05, 4.69) is 13.2 Å². The number of hydrogen-bond acceptors (Lipinski definition) is 3. The van der Waals surface area contributed by atoms with Crippen LogP contribution in [0, 0.1) is 0 Å². The number of likely N-dealkylation sites (N-methyl/N-ethyl adjacent to an activating group) is 1. The van der Waals surface area contributed by atoms with Crippen molar-refractivity contribution < 1.29 is 14.3 Å². The van der Waals surface area contributed by atoms with Gasteiger partial charge in [0.05, 0.1) is 13.2 Å². The monoisotopic (exact) mass is 240 g/mol. The smallest absolute Gasteiger partial charge is 0.246 e. The van der Waals surface area contributed by atoms with Gasteiger partial charge in [0.2, 0.25) is 11.8 Å². The van der Waals surface area contributed by atoms with Crippen molar-refractivity contribution in [1.29, 1.82) is 0 Å². The summed E-state index contributed by atoms with van der Waals surface area (Å²) in [4.78, 5) is 24.4. The van der Waals surface area contributed by atoms with Gasteiger partial charge in [-0.1, -0.05) is 13.2 Å². The third-order valence-corrected chi connectivity index (χ3v) is 2.11. The number of ether oxygens (including phenoxy) is 1. The molecule has 5 nitrogen and oxygen atoms in total. The zero-order chi connectivity index (χ0) is 13.3. The van der Waals surface area contributed by atoms with E-state index in [-0.39, 0.29) is 11.8 Å². The third-order valence-electron chi connectivity index (χ3n) is 2.11. The van der Waals surface area contributed by atoms with Crippen molar-refractivity contribution in [3.63, 3.8) is 0 Å². The van der Waals surface area contributed by atoms with Gasteiger partial charge in [0.15, 0.2) is 0 Å². The van der Waals surface area contributed by atoms with E-state index < -0.39 is 0 Å². The Balaban J connectivity index is 0.000000325. The number of hydrogen-bond donors (Lipinski definition) is 0. The molecule has 0 unspecified atom stereocenters. The molecule has 1 heterocycles. The van der Waals surface area contributed by atoms with Gasteiger partial charge in [0.1, 0.15) is 0 Å². The van der Waals surface area contributed by atoms with E-state index in [0.29, 0.717) is 26.3 Å². The fourth-order valence-electron chi connectivity index (χ4n) is 1.10. The maximum absolute atomic E-state index is 10.9. The zero-order valence-corrected chi connectivity index (χ0v) is 10.5. The Hall–Kier alpha value is -1.62. The Morgan fingerprint density at radius 3 is 2.00 bits per heavy atom. The average molecular weight is 240 g/mol. The lowest BCUT2D eigenvalue weighted by Gasteiger charge is -2.25. The van der Waals surface area contributed by atoms with E-state index in [1.54, 1.807) is 19.0 Å². The highest BCUT2D eigenvalue weighted by Crippen LogP contribution is 1.96. The maximum atomic E-state index is 10.9. The molecule has 1 aliphatic rings. The van der Waals surface area contributed by atoms with Crippen molar-refractivity contribution in [2.75, 3.05) is 40.4 Å². The Labute approximate surface area is 102 Å². The average Bonchev–Trinajstić information content (AvgIpc) is 2.38. The summed E-state index contributed by atoms with van der Waals surface area (Å²) in [6.45, 7) is 9.40. The molecule has 5 heteroatoms. The van der Waals surface area contributed by atoms with Gasteiger partial charge in [-0.25, -0.2) is 0 Å². The second kappa shape index (κ2) is 8.52. The van der Waals surface area contributed by atoms with Crippen LogP contribution in [0.2, 0.25) is 0 Å². The molecule has 0 atom stereocenters. The van der Waals surface area contributed by atoms with Gasteiger partial charge in [-0.3, -0.25) is 9.59 Å². The van der Waals surface area contributed by atoms with E-state index in [9.17, 15) is 9.59 Å². The normalized spacial score (nSPS) is 14.1. The summed E-state index contributed by atoms with van der Waals surface area (Å²) in [5.74, 6) is -0.0525. The largest absolute Gasteiger partial charge is 0.378 e. The molecule has 2 amide bonds. The van der Waals surface area contributed by atoms with Crippen LogP contribution in [-0.4, -0.2) is 62.0 Å². The SMILES string of the molecule is C=CC(=O)N(C)C.C=CC(=O)N1CCOCC1. The molecule has 0 aromatic heterocycles. The number of rotatable bonds is 2. The minimum absolute atomic E-state index is 0.00306. The van der Waals surface area contributed by atoms with Crippen LogP contribution in [0.5, 0.6) is 0 Å². The summed E-state index contributed by atoms with van der Waals surface area (Å²) in [7, 11) is 3.37. The molecule has 0 aromatic carbocycles. The van der Waals surface area contributed by atoms with Crippen LogP contribution in [0.25, 0.3) is 0 Å². The van der Waals surface area contributed by atoms with Gasteiger partial charge in [-0.2, -0.15) is 0 Å². The van der Waals surface area contributed by atoms with Gasteiger partial charge in [-0.15, -0.1) is 0 Å². The highest BCUT2D eigenvalue weighted by atomic mass is 16.5. The summed E-state index contributed by atoms with van der Waals surface area (Å²) in [6, 6.07) is 0. The molecule has 0 spiro atoms. The highest BCUT2D eigenvalue weighted by Gasteiger charge is 2.12. The van der Waals surface area contributed by atoms with Crippen molar-refractivity contribution in [1.82, 2.24) is 9.80 Å². The molecule has 1 aliphatic heterocycles. The van der Waals surface area contributed by atoms with Gasteiger partial charge in [-0.05, 0) is 12.2 Å². The summed E-state index contributed by atoms with van der Waals surface area (Å²) >= 11 is 0. The molecule has 96 valence electrons. The second-order valence-electron chi connectivity index (χ2n) is 3.58. The van der Waals surface area contributed by atoms with Crippen molar-refractivity contribution in [2.45, 2.75) is 0 Å². The van der Waals surface area contributed by atoms with Gasteiger partial charge < -0.3 is 14.5 Å². The molecule has 1 fully saturated rings. The maximum Gasteiger partial charge on any atom is 0.246 e. The Morgan fingerprint density at radius 2 is 1.71 bits per heavy atom. The van der Waals surface area contributed by atoms with Crippen LogP contribution in [0.1, 0.15) is 0 Å². The number of morpholine rings is 1. The fraction of sp³-hybridized carbons (Fsp3) is 0.500. The Kier molecular flexibility index (Phi) is 7.71. The molecule has 0 saturated carbocycles. The topological polar surface area (TPSA) is 49.9 Å². The van der Waals surface area contributed by atoms with Crippen LogP contribution >= 0.6 is 0 Å². The molecule has 0 aromatic rings. The van der Waals surface area contributed by atoms with E-state index in [1.165, 1.54) is 17.1 Å². The van der Waals surface area contributed by atoms with E-state index >= 15 is 0 Å². The van der Waals surface area contributed by atoms with Crippen LogP contribution < -0.4 is 0 Å². The molecule has 0 aliphatic carbocycles. The first kappa shape index (κ1) is 15.4. The first-order chi connectivity index (χ1) is 8.02. The second-order valence-corrected chi connectivity index (χ2v) is 3.58. The van der Waals surface area contributed by atoms with Gasteiger partial charge in [0.25, 0.3) is 0 Å². The van der Waals surface area contributed by atoms with Crippen molar-refractivity contribution in [3.05, 3.63) is 25.3 Å². The van der Waals surface area contributed by atoms with Crippen LogP contribution in [-0.2, 0) is 14.3 Å². The third kappa shape index (κ3) is 6.52. The zero-order valence-electron chi connectivity index (χ0n) is 10.5. The fourth-order valence-corrected chi connectivity index (χ4v) is 1.10. The molecule has 0 bridgehead atoms. The number of carbonyl (C=O) groups is 2. The van der Waals surface area contributed by atoms with Crippen LogP contribution in [0.3, 0.4) is 0 Å². The van der Waals surface area contributed by atoms with Crippen LogP contribution in [0.15, 0.2) is 25.3 Å². The van der Waals surface area contributed by atoms with Crippen molar-refractivity contribution >= 4 is 11.8 Å². The summed E-state index contributed by atoms with van der Waals surface area (Å²) in [5, 5.41) is 0. The lowest BCUT2D eigenvalue weighted by molar-refractivity contribution is -0.130.